The van der Waals surface area contributed by atoms with E-state index in [0.29, 0.717) is 37.8 Å². The van der Waals surface area contributed by atoms with Gasteiger partial charge in [-0.05, 0) is 61.3 Å². The van der Waals surface area contributed by atoms with Crippen LogP contribution in [0.25, 0.3) is 0 Å². The molecule has 2 aromatic rings. The molecule has 2 saturated heterocycles. The minimum Gasteiger partial charge on any atom is -0.371 e. The maximum absolute atomic E-state index is 13.9. The predicted octanol–water partition coefficient (Wildman–Crippen LogP) is 4.35. The molecule has 6 nitrogen and oxygen atoms in total. The van der Waals surface area contributed by atoms with Gasteiger partial charge in [0.2, 0.25) is 5.60 Å². The number of anilines is 1. The molecule has 0 saturated carbocycles. The number of sulfone groups is 1. The lowest BCUT2D eigenvalue weighted by molar-refractivity contribution is -0.173. The third-order valence-corrected chi connectivity index (χ3v) is 9.15. The van der Waals surface area contributed by atoms with Gasteiger partial charge in [0.05, 0.1) is 9.92 Å². The van der Waals surface area contributed by atoms with E-state index in [1.165, 1.54) is 29.2 Å². The van der Waals surface area contributed by atoms with Gasteiger partial charge in [-0.15, -0.1) is 0 Å². The Bertz CT molecular complexity index is 1180. The number of benzene rings is 2. The molecule has 0 aromatic heterocycles. The van der Waals surface area contributed by atoms with Crippen molar-refractivity contribution in [3.63, 3.8) is 0 Å². The summed E-state index contributed by atoms with van der Waals surface area (Å²) in [5, 5.41) is 10.9. The van der Waals surface area contributed by atoms with Crippen molar-refractivity contribution in [2.75, 3.05) is 37.3 Å². The van der Waals surface area contributed by atoms with E-state index >= 15 is 0 Å². The van der Waals surface area contributed by atoms with E-state index in [1.807, 2.05) is 0 Å². The average molecular weight is 541 g/mol. The quantitative estimate of drug-likeness (QED) is 0.589. The number of likely N-dealkylation sites (tertiary alicyclic amines) is 1. The second-order valence-corrected chi connectivity index (χ2v) is 12.2. The highest BCUT2D eigenvalue weighted by Gasteiger charge is 2.50. The van der Waals surface area contributed by atoms with Crippen molar-refractivity contribution in [2.45, 2.75) is 42.6 Å². The summed E-state index contributed by atoms with van der Waals surface area (Å²) in [6.07, 6.45) is 1.20. The van der Waals surface area contributed by atoms with Crippen LogP contribution in [0.5, 0.6) is 0 Å². The Balaban J connectivity index is 1.34. The topological polar surface area (TPSA) is 77.9 Å². The molecule has 10 heteroatoms. The number of hydrogen-bond donors (Lipinski definition) is 1. The van der Waals surface area contributed by atoms with Gasteiger partial charge in [-0.2, -0.15) is 0 Å². The Morgan fingerprint density at radius 1 is 1.00 bits per heavy atom. The van der Waals surface area contributed by atoms with Crippen LogP contribution >= 0.6 is 11.6 Å². The number of rotatable bonds is 6. The molecule has 36 heavy (non-hydrogen) atoms. The largest absolute Gasteiger partial charge is 0.371 e. The second-order valence-electron chi connectivity index (χ2n) is 9.77. The van der Waals surface area contributed by atoms with Crippen LogP contribution in [0.4, 0.5) is 14.5 Å². The lowest BCUT2D eigenvalue weighted by atomic mass is 9.78. The van der Waals surface area contributed by atoms with E-state index in [-0.39, 0.29) is 15.5 Å². The van der Waals surface area contributed by atoms with E-state index in [0.717, 1.165) is 37.9 Å². The third-order valence-electron chi connectivity index (χ3n) is 7.57. The first kappa shape index (κ1) is 26.8. The first-order valence-electron chi connectivity index (χ1n) is 12.1. The second kappa shape index (κ2) is 10.6. The van der Waals surface area contributed by atoms with Crippen LogP contribution in [0.15, 0.2) is 53.4 Å². The van der Waals surface area contributed by atoms with Crippen molar-refractivity contribution >= 4 is 33.0 Å². The summed E-state index contributed by atoms with van der Waals surface area (Å²) in [5.74, 6) is -0.109. The van der Waals surface area contributed by atoms with Gasteiger partial charge in [0.25, 0.3) is 12.3 Å². The van der Waals surface area contributed by atoms with Gasteiger partial charge in [-0.3, -0.25) is 4.79 Å². The fraction of sp³-hybridized carbons (Fsp3) is 0.500. The van der Waals surface area contributed by atoms with Crippen LogP contribution in [-0.4, -0.2) is 63.2 Å². The minimum absolute atomic E-state index is 0.0934. The van der Waals surface area contributed by atoms with E-state index < -0.39 is 27.8 Å². The third kappa shape index (κ3) is 5.38. The van der Waals surface area contributed by atoms with E-state index in [4.69, 9.17) is 11.6 Å². The molecule has 1 amide bonds. The fourth-order valence-corrected chi connectivity index (χ4v) is 6.79. The molecule has 1 atom stereocenters. The molecule has 4 rings (SSSR count). The molecule has 1 N–H and O–H groups in total. The molecule has 2 heterocycles. The van der Waals surface area contributed by atoms with Crippen molar-refractivity contribution in [3.8, 4) is 0 Å². The molecular formula is C26H31ClF2N2O4S. The summed E-state index contributed by atoms with van der Waals surface area (Å²) in [5.41, 5.74) is -2.05. The van der Waals surface area contributed by atoms with Gasteiger partial charge < -0.3 is 14.9 Å². The Hall–Kier alpha value is -2.23. The number of alkyl halides is 2. The molecule has 0 bridgehead atoms. The first-order valence-corrected chi connectivity index (χ1v) is 14.4. The first-order chi connectivity index (χ1) is 17.0. The monoisotopic (exact) mass is 540 g/mol. The number of nitrogens with zero attached hydrogens (tertiary/aromatic N) is 2. The van der Waals surface area contributed by atoms with Crippen LogP contribution in [-0.2, 0) is 20.2 Å². The fourth-order valence-electron chi connectivity index (χ4n) is 5.47. The van der Waals surface area contributed by atoms with E-state index in [9.17, 15) is 27.1 Å². The average Bonchev–Trinajstić information content (AvgIpc) is 2.87. The molecule has 0 spiro atoms. The van der Waals surface area contributed by atoms with E-state index in [1.54, 1.807) is 24.3 Å². The Kier molecular flexibility index (Phi) is 7.92. The standard InChI is InChI=1S/C26H31ClF2N2O4S/c1-36(34,35)23-8-7-21(17-22(23)27)30-13-9-18(10-14-30)19-11-15-31(16-12-19)25(32)26(33,24(28)29)20-5-3-2-4-6-20/h2-8,17-19,24,33H,9-16H2,1H3/t26-/m0/s1. The number of aliphatic hydroxyl groups is 1. The van der Waals surface area contributed by atoms with Crippen LogP contribution in [0, 0.1) is 11.8 Å². The van der Waals surface area contributed by atoms with Gasteiger partial charge in [0.15, 0.2) is 9.84 Å². The Morgan fingerprint density at radius 3 is 2.06 bits per heavy atom. The summed E-state index contributed by atoms with van der Waals surface area (Å²) >= 11 is 6.21. The minimum atomic E-state index is -3.38. The molecule has 0 radical (unpaired) electrons. The number of carbonyl (C=O) groups excluding carboxylic acids is 1. The SMILES string of the molecule is CS(=O)(=O)c1ccc(N2CCC(C3CCN(C(=O)[C@](O)(c4ccccc4)C(F)F)CC3)CC2)cc1Cl. The van der Waals surface area contributed by atoms with Gasteiger partial charge in [-0.25, -0.2) is 17.2 Å². The summed E-state index contributed by atoms with van der Waals surface area (Å²) in [6, 6.07) is 12.4. The van der Waals surface area contributed by atoms with Gasteiger partial charge in [0, 0.05) is 38.1 Å². The molecule has 196 valence electrons. The highest BCUT2D eigenvalue weighted by Crippen LogP contribution is 2.37. The molecule has 2 aliphatic heterocycles. The predicted molar refractivity (Wildman–Crippen MR) is 135 cm³/mol. The summed E-state index contributed by atoms with van der Waals surface area (Å²) in [6.45, 7) is 2.29. The van der Waals surface area contributed by atoms with Gasteiger partial charge >= 0.3 is 0 Å². The Labute approximate surface area is 215 Å². The zero-order valence-electron chi connectivity index (χ0n) is 20.1. The van der Waals surface area contributed by atoms with Crippen molar-refractivity contribution in [3.05, 3.63) is 59.1 Å². The van der Waals surface area contributed by atoms with Crippen molar-refractivity contribution in [1.29, 1.82) is 0 Å². The van der Waals surface area contributed by atoms with Crippen LogP contribution in [0.3, 0.4) is 0 Å². The lowest BCUT2D eigenvalue weighted by Crippen LogP contribution is -2.53. The number of hydrogen-bond acceptors (Lipinski definition) is 5. The summed E-state index contributed by atoms with van der Waals surface area (Å²) < 4.78 is 51.4. The smallest absolute Gasteiger partial charge is 0.280 e. The molecule has 2 fully saturated rings. The highest BCUT2D eigenvalue weighted by molar-refractivity contribution is 7.90. The number of amides is 1. The van der Waals surface area contributed by atoms with Crippen molar-refractivity contribution in [2.24, 2.45) is 11.8 Å². The molecule has 0 aliphatic carbocycles. The van der Waals surface area contributed by atoms with E-state index in [2.05, 4.69) is 4.90 Å². The van der Waals surface area contributed by atoms with Crippen LogP contribution in [0.1, 0.15) is 31.2 Å². The highest BCUT2D eigenvalue weighted by atomic mass is 35.5. The van der Waals surface area contributed by atoms with Crippen molar-refractivity contribution < 1.29 is 27.1 Å². The Morgan fingerprint density at radius 2 is 1.56 bits per heavy atom. The van der Waals surface area contributed by atoms with Gasteiger partial charge in [0.1, 0.15) is 0 Å². The normalized spacial score (nSPS) is 19.9. The maximum Gasteiger partial charge on any atom is 0.280 e. The molecule has 0 unspecified atom stereocenters. The van der Waals surface area contributed by atoms with Gasteiger partial charge in [-0.1, -0.05) is 41.9 Å². The summed E-state index contributed by atoms with van der Waals surface area (Å²) in [4.78, 5) is 16.7. The number of carbonyl (C=O) groups is 1. The summed E-state index contributed by atoms with van der Waals surface area (Å²) in [7, 11) is -3.38. The van der Waals surface area contributed by atoms with Crippen LogP contribution in [0.2, 0.25) is 5.02 Å². The van der Waals surface area contributed by atoms with Crippen molar-refractivity contribution in [1.82, 2.24) is 4.90 Å². The van der Waals surface area contributed by atoms with Crippen LogP contribution < -0.4 is 4.90 Å². The molecular weight excluding hydrogens is 510 g/mol. The molecule has 2 aliphatic rings. The number of halogens is 3. The zero-order chi connectivity index (χ0) is 26.1. The lowest BCUT2D eigenvalue weighted by Gasteiger charge is -2.42. The number of piperidine rings is 2. The zero-order valence-corrected chi connectivity index (χ0v) is 21.7. The molecule has 2 aromatic carbocycles. The maximum atomic E-state index is 13.9.